The summed E-state index contributed by atoms with van der Waals surface area (Å²) in [6.45, 7) is 2.34. The molecule has 1 saturated heterocycles. The fourth-order valence-electron chi connectivity index (χ4n) is 2.40. The van der Waals surface area contributed by atoms with E-state index in [0.29, 0.717) is 13.0 Å². The number of nitrogens with one attached hydrogen (secondary N) is 2. The third-order valence-electron chi connectivity index (χ3n) is 3.67. The SMILES string of the molecule is NS(=O)(=O)c1ccc(CCNC(=O)C2CCNCC2)cc1. The van der Waals surface area contributed by atoms with Crippen molar-refractivity contribution in [3.63, 3.8) is 0 Å². The summed E-state index contributed by atoms with van der Waals surface area (Å²) in [5.41, 5.74) is 0.966. The number of amides is 1. The van der Waals surface area contributed by atoms with E-state index in [-0.39, 0.29) is 16.7 Å². The first-order valence-electron chi connectivity index (χ1n) is 7.07. The van der Waals surface area contributed by atoms with Crippen molar-refractivity contribution in [3.05, 3.63) is 29.8 Å². The highest BCUT2D eigenvalue weighted by Gasteiger charge is 2.20. The van der Waals surface area contributed by atoms with Crippen molar-refractivity contribution >= 4 is 15.9 Å². The Bertz CT molecular complexity index is 578. The van der Waals surface area contributed by atoms with Crippen LogP contribution in [0.15, 0.2) is 29.2 Å². The molecule has 1 amide bonds. The van der Waals surface area contributed by atoms with Crippen LogP contribution < -0.4 is 15.8 Å². The number of nitrogens with two attached hydrogens (primary N) is 1. The van der Waals surface area contributed by atoms with Crippen LogP contribution in [0.5, 0.6) is 0 Å². The molecule has 6 nitrogen and oxygen atoms in total. The maximum absolute atomic E-state index is 11.9. The summed E-state index contributed by atoms with van der Waals surface area (Å²) in [5, 5.41) is 11.2. The fraction of sp³-hybridized carbons (Fsp3) is 0.500. The summed E-state index contributed by atoms with van der Waals surface area (Å²) in [5.74, 6) is 0.216. The van der Waals surface area contributed by atoms with Crippen LogP contribution in [0.1, 0.15) is 18.4 Å². The van der Waals surface area contributed by atoms with Gasteiger partial charge >= 0.3 is 0 Å². The van der Waals surface area contributed by atoms with E-state index in [4.69, 9.17) is 5.14 Å². The van der Waals surface area contributed by atoms with Crippen LogP contribution in [0, 0.1) is 5.92 Å². The minimum Gasteiger partial charge on any atom is -0.356 e. The van der Waals surface area contributed by atoms with Crippen LogP contribution >= 0.6 is 0 Å². The Labute approximate surface area is 125 Å². The Morgan fingerprint density at radius 1 is 1.24 bits per heavy atom. The molecule has 0 aliphatic carbocycles. The van der Waals surface area contributed by atoms with Crippen molar-refractivity contribution in [3.8, 4) is 0 Å². The number of hydrogen-bond acceptors (Lipinski definition) is 4. The molecule has 1 fully saturated rings. The second-order valence-electron chi connectivity index (χ2n) is 5.25. The van der Waals surface area contributed by atoms with Gasteiger partial charge in [-0.25, -0.2) is 13.6 Å². The van der Waals surface area contributed by atoms with Gasteiger partial charge < -0.3 is 10.6 Å². The lowest BCUT2D eigenvalue weighted by atomic mass is 9.97. The third-order valence-corrected chi connectivity index (χ3v) is 4.60. The average Bonchev–Trinajstić information content (AvgIpc) is 2.47. The van der Waals surface area contributed by atoms with E-state index in [1.807, 2.05) is 0 Å². The number of rotatable bonds is 5. The van der Waals surface area contributed by atoms with Gasteiger partial charge in [0.15, 0.2) is 0 Å². The van der Waals surface area contributed by atoms with Gasteiger partial charge in [0.25, 0.3) is 0 Å². The highest BCUT2D eigenvalue weighted by atomic mass is 32.2. The number of primary sulfonamides is 1. The van der Waals surface area contributed by atoms with Gasteiger partial charge in [-0.3, -0.25) is 4.79 Å². The molecule has 21 heavy (non-hydrogen) atoms. The van der Waals surface area contributed by atoms with Crippen LogP contribution in [0.4, 0.5) is 0 Å². The zero-order valence-electron chi connectivity index (χ0n) is 11.8. The van der Waals surface area contributed by atoms with Gasteiger partial charge in [0.1, 0.15) is 0 Å². The number of carbonyl (C=O) groups excluding carboxylic acids is 1. The van der Waals surface area contributed by atoms with Gasteiger partial charge in [0.2, 0.25) is 15.9 Å². The molecule has 0 unspecified atom stereocenters. The standard InChI is InChI=1S/C14H21N3O3S/c15-21(19,20)13-3-1-11(2-4-13)5-10-17-14(18)12-6-8-16-9-7-12/h1-4,12,16H,5-10H2,(H,17,18)(H2,15,19,20). The number of benzene rings is 1. The highest BCUT2D eigenvalue weighted by Crippen LogP contribution is 2.12. The van der Waals surface area contributed by atoms with Crippen molar-refractivity contribution < 1.29 is 13.2 Å². The molecule has 116 valence electrons. The molecule has 0 bridgehead atoms. The fourth-order valence-corrected chi connectivity index (χ4v) is 2.92. The van der Waals surface area contributed by atoms with Crippen molar-refractivity contribution in [1.82, 2.24) is 10.6 Å². The summed E-state index contributed by atoms with van der Waals surface area (Å²) < 4.78 is 22.3. The predicted molar refractivity (Wildman–Crippen MR) is 80.1 cm³/mol. The summed E-state index contributed by atoms with van der Waals surface area (Å²) in [6, 6.07) is 6.41. The molecule has 4 N–H and O–H groups in total. The first kappa shape index (κ1) is 15.9. The zero-order valence-corrected chi connectivity index (χ0v) is 12.7. The topological polar surface area (TPSA) is 101 Å². The maximum atomic E-state index is 11.9. The van der Waals surface area contributed by atoms with E-state index in [2.05, 4.69) is 10.6 Å². The molecule has 0 aromatic heterocycles. The van der Waals surface area contributed by atoms with Gasteiger partial charge in [-0.2, -0.15) is 0 Å². The monoisotopic (exact) mass is 311 g/mol. The Hall–Kier alpha value is -1.44. The quantitative estimate of drug-likeness (QED) is 0.712. The van der Waals surface area contributed by atoms with Crippen molar-refractivity contribution in [2.45, 2.75) is 24.2 Å². The average molecular weight is 311 g/mol. The predicted octanol–water partition coefficient (Wildman–Crippen LogP) is -0.00770. The van der Waals surface area contributed by atoms with Crippen LogP contribution in [0.3, 0.4) is 0 Å². The molecular weight excluding hydrogens is 290 g/mol. The van der Waals surface area contributed by atoms with Gasteiger partial charge in [-0.05, 0) is 50.0 Å². The molecule has 7 heteroatoms. The molecule has 1 aromatic rings. The Kier molecular flexibility index (Phi) is 5.33. The summed E-state index contributed by atoms with van der Waals surface area (Å²) in [6.07, 6.45) is 2.44. The van der Waals surface area contributed by atoms with Crippen LogP contribution in [0.2, 0.25) is 0 Å². The van der Waals surface area contributed by atoms with E-state index >= 15 is 0 Å². The second kappa shape index (κ2) is 7.02. The third kappa shape index (κ3) is 4.80. The first-order chi connectivity index (χ1) is 9.97. The summed E-state index contributed by atoms with van der Waals surface area (Å²) in [7, 11) is -3.64. The minimum absolute atomic E-state index is 0.102. The van der Waals surface area contributed by atoms with Gasteiger partial charge in [-0.15, -0.1) is 0 Å². The number of piperidine rings is 1. The molecule has 0 atom stereocenters. The Balaban J connectivity index is 1.79. The van der Waals surface area contributed by atoms with Crippen LogP contribution in [0.25, 0.3) is 0 Å². The molecule has 1 aromatic carbocycles. The molecular formula is C14H21N3O3S. The smallest absolute Gasteiger partial charge is 0.238 e. The van der Waals surface area contributed by atoms with E-state index in [0.717, 1.165) is 31.5 Å². The summed E-state index contributed by atoms with van der Waals surface area (Å²) in [4.78, 5) is 12.0. The van der Waals surface area contributed by atoms with Crippen molar-refractivity contribution in [2.24, 2.45) is 11.1 Å². The second-order valence-corrected chi connectivity index (χ2v) is 6.82. The maximum Gasteiger partial charge on any atom is 0.238 e. The molecule has 0 spiro atoms. The van der Waals surface area contributed by atoms with E-state index < -0.39 is 10.0 Å². The molecule has 1 heterocycles. The minimum atomic E-state index is -3.64. The van der Waals surface area contributed by atoms with Crippen LogP contribution in [-0.4, -0.2) is 34.0 Å². The normalized spacial score (nSPS) is 16.6. The van der Waals surface area contributed by atoms with E-state index in [9.17, 15) is 13.2 Å². The Morgan fingerprint density at radius 2 is 1.86 bits per heavy atom. The molecule has 0 radical (unpaired) electrons. The lowest BCUT2D eigenvalue weighted by molar-refractivity contribution is -0.125. The number of sulfonamides is 1. The lowest BCUT2D eigenvalue weighted by Gasteiger charge is -2.21. The summed E-state index contributed by atoms with van der Waals surface area (Å²) >= 11 is 0. The number of hydrogen-bond donors (Lipinski definition) is 3. The van der Waals surface area contributed by atoms with Crippen molar-refractivity contribution in [2.75, 3.05) is 19.6 Å². The molecule has 1 aliphatic heterocycles. The number of carbonyl (C=O) groups is 1. The van der Waals surface area contributed by atoms with Crippen LogP contribution in [-0.2, 0) is 21.2 Å². The molecule has 2 rings (SSSR count). The van der Waals surface area contributed by atoms with Gasteiger partial charge in [0.05, 0.1) is 4.90 Å². The lowest BCUT2D eigenvalue weighted by Crippen LogP contribution is -2.38. The zero-order chi connectivity index (χ0) is 15.3. The van der Waals surface area contributed by atoms with E-state index in [1.54, 1.807) is 12.1 Å². The van der Waals surface area contributed by atoms with Crippen molar-refractivity contribution in [1.29, 1.82) is 0 Å². The van der Waals surface area contributed by atoms with Gasteiger partial charge in [0, 0.05) is 12.5 Å². The molecule has 1 aliphatic rings. The molecule has 0 saturated carbocycles. The van der Waals surface area contributed by atoms with E-state index in [1.165, 1.54) is 12.1 Å². The first-order valence-corrected chi connectivity index (χ1v) is 8.61. The van der Waals surface area contributed by atoms with Gasteiger partial charge in [-0.1, -0.05) is 12.1 Å². The Morgan fingerprint density at radius 3 is 2.43 bits per heavy atom. The highest BCUT2D eigenvalue weighted by molar-refractivity contribution is 7.89. The largest absolute Gasteiger partial charge is 0.356 e.